The molecule has 11 heavy (non-hydrogen) atoms. The average Bonchev–Trinajstić information content (AvgIpc) is 1.94. The zero-order chi connectivity index (χ0) is 8.43. The van der Waals surface area contributed by atoms with Gasteiger partial charge in [-0.1, -0.05) is 0 Å². The number of hydrogen-bond acceptors (Lipinski definition) is 3. The van der Waals surface area contributed by atoms with Crippen molar-refractivity contribution in [2.24, 2.45) is 0 Å². The molecule has 0 atom stereocenters. The normalized spacial score (nSPS) is 9.64. The van der Waals surface area contributed by atoms with Crippen molar-refractivity contribution in [3.05, 3.63) is 23.6 Å². The molecule has 0 amide bonds. The van der Waals surface area contributed by atoms with Crippen LogP contribution in [0.25, 0.3) is 0 Å². The quantitative estimate of drug-likeness (QED) is 0.651. The maximum Gasteiger partial charge on any atom is 0.254 e. The van der Waals surface area contributed by atoms with Gasteiger partial charge in [0.25, 0.3) is 5.24 Å². The fourth-order valence-corrected chi connectivity index (χ4v) is 0.659. The van der Waals surface area contributed by atoms with Crippen molar-refractivity contribution >= 4 is 22.7 Å². The van der Waals surface area contributed by atoms with Gasteiger partial charge in [0, 0.05) is 6.20 Å². The van der Waals surface area contributed by atoms with Gasteiger partial charge in [-0.25, -0.2) is 9.37 Å². The summed E-state index contributed by atoms with van der Waals surface area (Å²) in [6.07, 6.45) is 1.12. The maximum atomic E-state index is 12.5. The highest BCUT2D eigenvalue weighted by molar-refractivity contribution is 6.67. The molecule has 0 spiro atoms. The van der Waals surface area contributed by atoms with Crippen molar-refractivity contribution < 1.29 is 9.18 Å². The van der Waals surface area contributed by atoms with Crippen molar-refractivity contribution in [3.63, 3.8) is 0 Å². The molecule has 0 radical (unpaired) electrons. The number of nitrogens with zero attached hydrogens (tertiary/aromatic N) is 1. The first-order valence-electron chi connectivity index (χ1n) is 2.72. The van der Waals surface area contributed by atoms with E-state index in [9.17, 15) is 9.18 Å². The van der Waals surface area contributed by atoms with E-state index in [-0.39, 0.29) is 11.4 Å². The highest BCUT2D eigenvalue weighted by Crippen LogP contribution is 2.09. The Morgan fingerprint density at radius 3 is 2.82 bits per heavy atom. The number of halogens is 2. The third-order valence-corrected chi connectivity index (χ3v) is 1.31. The van der Waals surface area contributed by atoms with Crippen molar-refractivity contribution in [3.8, 4) is 0 Å². The van der Waals surface area contributed by atoms with Crippen LogP contribution in [-0.4, -0.2) is 10.2 Å². The summed E-state index contributed by atoms with van der Waals surface area (Å²) in [5.74, 6) is -0.983. The third kappa shape index (κ3) is 1.65. The topological polar surface area (TPSA) is 56.0 Å². The summed E-state index contributed by atoms with van der Waals surface area (Å²) in [5.41, 5.74) is 5.05. The molecule has 0 aromatic carbocycles. The Hall–Kier alpha value is -1.16. The van der Waals surface area contributed by atoms with Crippen LogP contribution in [0.1, 0.15) is 10.4 Å². The van der Waals surface area contributed by atoms with Gasteiger partial charge in [-0.3, -0.25) is 4.79 Å². The Morgan fingerprint density at radius 1 is 1.73 bits per heavy atom. The van der Waals surface area contributed by atoms with Gasteiger partial charge in [-0.15, -0.1) is 0 Å². The third-order valence-electron chi connectivity index (χ3n) is 1.10. The summed E-state index contributed by atoms with van der Waals surface area (Å²) in [4.78, 5) is 13.8. The van der Waals surface area contributed by atoms with E-state index in [0.29, 0.717) is 0 Å². The van der Waals surface area contributed by atoms with Crippen molar-refractivity contribution in [1.29, 1.82) is 0 Å². The number of pyridine rings is 1. The molecule has 0 bridgehead atoms. The largest absolute Gasteiger partial charge is 0.381 e. The molecular weight excluding hydrogens is 171 g/mol. The van der Waals surface area contributed by atoms with Crippen LogP contribution in [0.2, 0.25) is 0 Å². The Morgan fingerprint density at radius 2 is 2.36 bits per heavy atom. The van der Waals surface area contributed by atoms with Crippen LogP contribution in [-0.2, 0) is 0 Å². The first-order valence-corrected chi connectivity index (χ1v) is 3.10. The van der Waals surface area contributed by atoms with E-state index in [1.165, 1.54) is 0 Å². The van der Waals surface area contributed by atoms with E-state index in [1.54, 1.807) is 0 Å². The lowest BCUT2D eigenvalue weighted by Gasteiger charge is -1.95. The molecule has 1 rings (SSSR count). The molecule has 5 heteroatoms. The summed E-state index contributed by atoms with van der Waals surface area (Å²) in [6.45, 7) is 0. The number of anilines is 1. The monoisotopic (exact) mass is 174 g/mol. The Balaban J connectivity index is 3.15. The highest BCUT2D eigenvalue weighted by atomic mass is 35.5. The highest BCUT2D eigenvalue weighted by Gasteiger charge is 2.05. The molecule has 1 heterocycles. The van der Waals surface area contributed by atoms with Gasteiger partial charge >= 0.3 is 0 Å². The smallest absolute Gasteiger partial charge is 0.254 e. The lowest BCUT2D eigenvalue weighted by Crippen LogP contribution is -1.98. The molecular formula is C6H4ClFN2O. The van der Waals surface area contributed by atoms with E-state index < -0.39 is 11.1 Å². The zero-order valence-corrected chi connectivity index (χ0v) is 6.10. The predicted octanol–water partition coefficient (Wildman–Crippen LogP) is 1.18. The molecule has 58 valence electrons. The first-order chi connectivity index (χ1) is 5.11. The van der Waals surface area contributed by atoms with Crippen LogP contribution in [0.3, 0.4) is 0 Å². The molecule has 0 aliphatic rings. The summed E-state index contributed by atoms with van der Waals surface area (Å²) in [7, 11) is 0. The number of hydrogen-bond donors (Lipinski definition) is 1. The zero-order valence-electron chi connectivity index (χ0n) is 5.34. The van der Waals surface area contributed by atoms with Gasteiger partial charge in [0.1, 0.15) is 0 Å². The molecule has 2 N–H and O–H groups in total. The molecule has 3 nitrogen and oxygen atoms in total. The molecule has 1 aromatic rings. The standard InChI is InChI=1S/C6H4ClFN2O/c7-5(11)3-1-4(8)6(9)10-2-3/h1-2H,(H2,9,10). The minimum Gasteiger partial charge on any atom is -0.381 e. The van der Waals surface area contributed by atoms with Gasteiger partial charge in [0.15, 0.2) is 11.6 Å². The summed E-state index contributed by atoms with van der Waals surface area (Å²) < 4.78 is 12.5. The van der Waals surface area contributed by atoms with Gasteiger partial charge < -0.3 is 5.73 Å². The summed E-state index contributed by atoms with van der Waals surface area (Å²) in [5, 5.41) is -0.753. The van der Waals surface area contributed by atoms with Crippen LogP contribution in [0.15, 0.2) is 12.3 Å². The van der Waals surface area contributed by atoms with Crippen LogP contribution >= 0.6 is 11.6 Å². The van der Waals surface area contributed by atoms with E-state index in [1.807, 2.05) is 0 Å². The maximum absolute atomic E-state index is 12.5. The second-order valence-electron chi connectivity index (χ2n) is 1.86. The van der Waals surface area contributed by atoms with Gasteiger partial charge in [0.05, 0.1) is 5.56 Å². The van der Waals surface area contributed by atoms with Crippen LogP contribution in [0.4, 0.5) is 10.2 Å². The van der Waals surface area contributed by atoms with E-state index >= 15 is 0 Å². The van der Waals surface area contributed by atoms with Gasteiger partial charge in [-0.2, -0.15) is 0 Å². The molecule has 1 aromatic heterocycles. The Kier molecular flexibility index (Phi) is 2.05. The molecule has 0 unspecified atom stereocenters. The lowest BCUT2D eigenvalue weighted by atomic mass is 10.3. The first kappa shape index (κ1) is 7.94. The number of nitrogens with two attached hydrogens (primary N) is 1. The lowest BCUT2D eigenvalue weighted by molar-refractivity contribution is 0.108. The van der Waals surface area contributed by atoms with Crippen LogP contribution < -0.4 is 5.73 Å². The Labute approximate surface area is 67.0 Å². The van der Waals surface area contributed by atoms with E-state index in [4.69, 9.17) is 17.3 Å². The van der Waals surface area contributed by atoms with E-state index in [0.717, 1.165) is 12.3 Å². The Bertz CT molecular complexity index is 303. The van der Waals surface area contributed by atoms with Gasteiger partial charge in [-0.05, 0) is 17.7 Å². The second kappa shape index (κ2) is 2.84. The summed E-state index contributed by atoms with van der Waals surface area (Å²) >= 11 is 5.04. The van der Waals surface area contributed by atoms with Gasteiger partial charge in [0.2, 0.25) is 0 Å². The molecule has 0 aliphatic carbocycles. The number of nitrogen functional groups attached to an aromatic ring is 1. The van der Waals surface area contributed by atoms with Crippen molar-refractivity contribution in [1.82, 2.24) is 4.98 Å². The van der Waals surface area contributed by atoms with Crippen LogP contribution in [0.5, 0.6) is 0 Å². The number of carbonyl (C=O) groups excluding carboxylic acids is 1. The average molecular weight is 175 g/mol. The fraction of sp³-hybridized carbons (Fsp3) is 0. The SMILES string of the molecule is Nc1ncc(C(=O)Cl)cc1F. The second-order valence-corrected chi connectivity index (χ2v) is 2.21. The minimum atomic E-state index is -0.753. The fourth-order valence-electron chi connectivity index (χ4n) is 0.556. The van der Waals surface area contributed by atoms with Crippen LogP contribution in [0, 0.1) is 5.82 Å². The number of aromatic nitrogens is 1. The molecule has 0 aliphatic heterocycles. The van der Waals surface area contributed by atoms with Crippen molar-refractivity contribution in [2.45, 2.75) is 0 Å². The number of rotatable bonds is 1. The molecule has 0 saturated heterocycles. The molecule has 0 saturated carbocycles. The molecule has 0 fully saturated rings. The summed E-state index contributed by atoms with van der Waals surface area (Å²) in [6, 6.07) is 0.942. The number of carbonyl (C=O) groups is 1. The predicted molar refractivity (Wildman–Crippen MR) is 38.8 cm³/mol. The van der Waals surface area contributed by atoms with E-state index in [2.05, 4.69) is 4.98 Å². The van der Waals surface area contributed by atoms with Crippen molar-refractivity contribution in [2.75, 3.05) is 5.73 Å². The minimum absolute atomic E-state index is 0.00151.